The van der Waals surface area contributed by atoms with Gasteiger partial charge >= 0.3 is 6.18 Å². The number of methoxy groups -OCH3 is 1. The molecule has 24 heavy (non-hydrogen) atoms. The lowest BCUT2D eigenvalue weighted by Crippen LogP contribution is -2.28. The van der Waals surface area contributed by atoms with E-state index in [4.69, 9.17) is 4.74 Å². The number of hydrogen-bond acceptors (Lipinski definition) is 3. The highest BCUT2D eigenvalue weighted by Crippen LogP contribution is 2.29. The van der Waals surface area contributed by atoms with Gasteiger partial charge in [0, 0.05) is 6.54 Å². The van der Waals surface area contributed by atoms with Crippen molar-refractivity contribution in [1.29, 1.82) is 0 Å². The highest BCUT2D eigenvalue weighted by Gasteiger charge is 2.29. The van der Waals surface area contributed by atoms with Crippen LogP contribution in [0, 0.1) is 0 Å². The number of ether oxygens (including phenoxy) is 1. The van der Waals surface area contributed by atoms with Crippen LogP contribution in [0.25, 0.3) is 0 Å². The van der Waals surface area contributed by atoms with E-state index in [1.54, 1.807) is 18.2 Å². The predicted octanol–water partition coefficient (Wildman–Crippen LogP) is 3.06. The number of aliphatic hydroxyl groups excluding tert-OH is 1. The number of carbonyl (C=O) groups excluding carboxylic acids is 1. The summed E-state index contributed by atoms with van der Waals surface area (Å²) >= 11 is 0. The molecule has 0 aromatic heterocycles. The summed E-state index contributed by atoms with van der Waals surface area (Å²) in [5, 5.41) is 12.5. The van der Waals surface area contributed by atoms with Crippen molar-refractivity contribution in [2.24, 2.45) is 0 Å². The molecule has 1 unspecified atom stereocenters. The first-order valence-corrected chi connectivity index (χ1v) is 7.07. The first kappa shape index (κ1) is 17.8. The lowest BCUT2D eigenvalue weighted by Gasteiger charge is -2.13. The first-order chi connectivity index (χ1) is 11.3. The highest BCUT2D eigenvalue weighted by molar-refractivity contribution is 5.82. The Morgan fingerprint density at radius 3 is 2.46 bits per heavy atom. The van der Waals surface area contributed by atoms with E-state index >= 15 is 0 Å². The third-order valence-electron chi connectivity index (χ3n) is 3.41. The SMILES string of the molecule is COc1cccc(C(O)C(=O)NCc2ccc(C(F)(F)F)cc2)c1. The Labute approximate surface area is 136 Å². The van der Waals surface area contributed by atoms with Crippen molar-refractivity contribution < 1.29 is 27.8 Å². The molecule has 0 saturated carbocycles. The Balaban J connectivity index is 1.97. The standard InChI is InChI=1S/C17H16F3NO3/c1-24-14-4-2-3-12(9-14)15(22)16(23)21-10-11-5-7-13(8-6-11)17(18,19)20/h2-9,15,22H,10H2,1H3,(H,21,23). The minimum absolute atomic E-state index is 0.0119. The average molecular weight is 339 g/mol. The summed E-state index contributed by atoms with van der Waals surface area (Å²) < 4.78 is 42.4. The van der Waals surface area contributed by atoms with Crippen molar-refractivity contribution >= 4 is 5.91 Å². The number of hydrogen-bond donors (Lipinski definition) is 2. The Morgan fingerprint density at radius 2 is 1.88 bits per heavy atom. The zero-order valence-electron chi connectivity index (χ0n) is 12.8. The quantitative estimate of drug-likeness (QED) is 0.880. The summed E-state index contributed by atoms with van der Waals surface area (Å²) in [5.41, 5.74) is 0.0995. The van der Waals surface area contributed by atoms with Gasteiger partial charge < -0.3 is 15.2 Å². The van der Waals surface area contributed by atoms with Crippen LogP contribution in [0.2, 0.25) is 0 Å². The van der Waals surface area contributed by atoms with Crippen LogP contribution in [0.3, 0.4) is 0 Å². The molecule has 0 aliphatic rings. The van der Waals surface area contributed by atoms with Crippen LogP contribution >= 0.6 is 0 Å². The van der Waals surface area contributed by atoms with Gasteiger partial charge in [-0.1, -0.05) is 24.3 Å². The van der Waals surface area contributed by atoms with E-state index < -0.39 is 23.8 Å². The number of alkyl halides is 3. The van der Waals surface area contributed by atoms with E-state index in [9.17, 15) is 23.1 Å². The summed E-state index contributed by atoms with van der Waals surface area (Å²) in [6.07, 6.45) is -5.79. The number of benzene rings is 2. The van der Waals surface area contributed by atoms with Crippen LogP contribution in [0.1, 0.15) is 22.8 Å². The molecule has 1 atom stereocenters. The van der Waals surface area contributed by atoms with Gasteiger partial charge in [0.25, 0.3) is 5.91 Å². The second-order valence-corrected chi connectivity index (χ2v) is 5.09. The Kier molecular flexibility index (Phi) is 5.46. The van der Waals surface area contributed by atoms with Crippen LogP contribution in [-0.2, 0) is 17.5 Å². The third-order valence-corrected chi connectivity index (χ3v) is 3.41. The molecule has 0 aliphatic heterocycles. The molecule has 0 fully saturated rings. The van der Waals surface area contributed by atoms with Crippen molar-refractivity contribution in [3.8, 4) is 5.75 Å². The highest BCUT2D eigenvalue weighted by atomic mass is 19.4. The average Bonchev–Trinajstić information content (AvgIpc) is 2.58. The molecule has 2 aromatic rings. The Bertz CT molecular complexity index is 699. The molecule has 0 heterocycles. The summed E-state index contributed by atoms with van der Waals surface area (Å²) in [5.74, 6) is -0.148. The zero-order valence-corrected chi connectivity index (χ0v) is 12.8. The molecule has 128 valence electrons. The molecule has 0 spiro atoms. The Hall–Kier alpha value is -2.54. The van der Waals surface area contributed by atoms with Crippen LogP contribution < -0.4 is 10.1 Å². The van der Waals surface area contributed by atoms with Gasteiger partial charge in [0.2, 0.25) is 0 Å². The molecule has 0 bridgehead atoms. The van der Waals surface area contributed by atoms with E-state index in [0.717, 1.165) is 12.1 Å². The molecule has 0 radical (unpaired) electrons. The van der Waals surface area contributed by atoms with E-state index in [1.165, 1.54) is 25.3 Å². The van der Waals surface area contributed by atoms with Gasteiger partial charge in [-0.3, -0.25) is 4.79 Å². The third kappa shape index (κ3) is 4.48. The molecule has 2 N–H and O–H groups in total. The van der Waals surface area contributed by atoms with Gasteiger partial charge in [0.15, 0.2) is 6.10 Å². The molecule has 4 nitrogen and oxygen atoms in total. The van der Waals surface area contributed by atoms with E-state index in [1.807, 2.05) is 0 Å². The summed E-state index contributed by atoms with van der Waals surface area (Å²) in [7, 11) is 1.47. The predicted molar refractivity (Wildman–Crippen MR) is 81.2 cm³/mol. The first-order valence-electron chi connectivity index (χ1n) is 7.07. The molecule has 2 rings (SSSR count). The monoisotopic (exact) mass is 339 g/mol. The number of amides is 1. The van der Waals surface area contributed by atoms with E-state index in [2.05, 4.69) is 5.32 Å². The second-order valence-electron chi connectivity index (χ2n) is 5.09. The number of carbonyl (C=O) groups is 1. The number of aliphatic hydroxyl groups is 1. The van der Waals surface area contributed by atoms with Crippen molar-refractivity contribution in [2.45, 2.75) is 18.8 Å². The summed E-state index contributed by atoms with van der Waals surface area (Å²) in [6, 6.07) is 10.9. The fraction of sp³-hybridized carbons (Fsp3) is 0.235. The summed E-state index contributed by atoms with van der Waals surface area (Å²) in [4.78, 5) is 12.0. The van der Waals surface area contributed by atoms with Crippen LogP contribution in [0.5, 0.6) is 5.75 Å². The van der Waals surface area contributed by atoms with Gasteiger partial charge in [-0.2, -0.15) is 13.2 Å². The van der Waals surface area contributed by atoms with Crippen LogP contribution in [0.15, 0.2) is 48.5 Å². The maximum absolute atomic E-state index is 12.5. The number of rotatable bonds is 5. The van der Waals surface area contributed by atoms with Crippen molar-refractivity contribution in [3.63, 3.8) is 0 Å². The van der Waals surface area contributed by atoms with Gasteiger partial charge in [0.05, 0.1) is 12.7 Å². The minimum atomic E-state index is -4.40. The molecular formula is C17H16F3NO3. The molecule has 0 aliphatic carbocycles. The zero-order chi connectivity index (χ0) is 17.7. The van der Waals surface area contributed by atoms with Crippen molar-refractivity contribution in [2.75, 3.05) is 7.11 Å². The van der Waals surface area contributed by atoms with Gasteiger partial charge in [0.1, 0.15) is 5.75 Å². The second kappa shape index (κ2) is 7.35. The molecule has 2 aromatic carbocycles. The maximum atomic E-state index is 12.5. The maximum Gasteiger partial charge on any atom is 0.416 e. The minimum Gasteiger partial charge on any atom is -0.497 e. The largest absolute Gasteiger partial charge is 0.497 e. The topological polar surface area (TPSA) is 58.6 Å². The van der Waals surface area contributed by atoms with E-state index in [0.29, 0.717) is 16.9 Å². The number of nitrogens with one attached hydrogen (secondary N) is 1. The van der Waals surface area contributed by atoms with Crippen LogP contribution in [-0.4, -0.2) is 18.1 Å². The van der Waals surface area contributed by atoms with Gasteiger partial charge in [-0.25, -0.2) is 0 Å². The molecule has 1 amide bonds. The summed E-state index contributed by atoms with van der Waals surface area (Å²) in [6.45, 7) is 0.0119. The van der Waals surface area contributed by atoms with Gasteiger partial charge in [-0.05, 0) is 35.4 Å². The van der Waals surface area contributed by atoms with Crippen molar-refractivity contribution in [1.82, 2.24) is 5.32 Å². The fourth-order valence-corrected chi connectivity index (χ4v) is 2.06. The molecule has 7 heteroatoms. The Morgan fingerprint density at radius 1 is 1.21 bits per heavy atom. The molecular weight excluding hydrogens is 323 g/mol. The lowest BCUT2D eigenvalue weighted by atomic mass is 10.1. The molecule has 0 saturated heterocycles. The number of halogens is 3. The smallest absolute Gasteiger partial charge is 0.416 e. The van der Waals surface area contributed by atoms with Crippen molar-refractivity contribution in [3.05, 3.63) is 65.2 Å². The van der Waals surface area contributed by atoms with E-state index in [-0.39, 0.29) is 6.54 Å². The van der Waals surface area contributed by atoms with Crippen LogP contribution in [0.4, 0.5) is 13.2 Å². The van der Waals surface area contributed by atoms with Gasteiger partial charge in [-0.15, -0.1) is 0 Å². The lowest BCUT2D eigenvalue weighted by molar-refractivity contribution is -0.137. The fourth-order valence-electron chi connectivity index (χ4n) is 2.06. The normalized spacial score (nSPS) is 12.5.